The molecule has 0 aromatic heterocycles. The molecule has 0 saturated carbocycles. The summed E-state index contributed by atoms with van der Waals surface area (Å²) in [7, 11) is 0. The van der Waals surface area contributed by atoms with Crippen molar-refractivity contribution in [3.05, 3.63) is 5.92 Å². The summed E-state index contributed by atoms with van der Waals surface area (Å²) in [5, 5.41) is 0. The molecule has 0 heteroatoms. The minimum Gasteiger partial charge on any atom is -0.0628 e. The van der Waals surface area contributed by atoms with E-state index in [1.807, 2.05) is 0 Å². The molecule has 0 aliphatic carbocycles. The normalized spacial score (nSPS) is 12.0. The molecule has 10 heavy (non-hydrogen) atoms. The Hall–Kier alpha value is 0. The van der Waals surface area contributed by atoms with Crippen molar-refractivity contribution in [1.29, 1.82) is 0 Å². The lowest BCUT2D eigenvalue weighted by Crippen LogP contribution is -2.01. The van der Waals surface area contributed by atoms with Gasteiger partial charge >= 0.3 is 0 Å². The van der Waals surface area contributed by atoms with E-state index >= 15 is 0 Å². The molecule has 61 valence electrons. The first-order chi connectivity index (χ1) is 4.52. The summed E-state index contributed by atoms with van der Waals surface area (Å²) in [6.45, 7) is 11.4. The standard InChI is InChI=1S/C10H21/c1-8(2)6-10(5)7-9(3)4/h8-9H,6-7H2,1-5H3. The zero-order chi connectivity index (χ0) is 8.15. The molecule has 0 unspecified atom stereocenters. The van der Waals surface area contributed by atoms with Crippen LogP contribution >= 0.6 is 0 Å². The molecule has 0 nitrogen and oxygen atoms in total. The molecule has 1 radical (unpaired) electrons. The van der Waals surface area contributed by atoms with E-state index in [1.54, 1.807) is 5.92 Å². The molecule has 0 amide bonds. The minimum absolute atomic E-state index is 0.832. The minimum atomic E-state index is 0.832. The number of rotatable bonds is 4. The molecule has 0 N–H and O–H groups in total. The van der Waals surface area contributed by atoms with E-state index in [1.165, 1.54) is 12.8 Å². The van der Waals surface area contributed by atoms with Crippen molar-refractivity contribution in [1.82, 2.24) is 0 Å². The molecule has 0 aliphatic rings. The van der Waals surface area contributed by atoms with Crippen molar-refractivity contribution < 1.29 is 0 Å². The Bertz CT molecular complexity index is 62.1. The van der Waals surface area contributed by atoms with Crippen LogP contribution in [0.3, 0.4) is 0 Å². The van der Waals surface area contributed by atoms with Gasteiger partial charge in [0.2, 0.25) is 0 Å². The maximum Gasteiger partial charge on any atom is -0.0267 e. The summed E-state index contributed by atoms with van der Waals surface area (Å²) in [4.78, 5) is 0. The fourth-order valence-corrected chi connectivity index (χ4v) is 1.48. The van der Waals surface area contributed by atoms with Crippen molar-refractivity contribution in [2.45, 2.75) is 47.5 Å². The zero-order valence-corrected chi connectivity index (χ0v) is 8.07. The van der Waals surface area contributed by atoms with Gasteiger partial charge in [0, 0.05) is 0 Å². The van der Waals surface area contributed by atoms with Gasteiger partial charge in [0.1, 0.15) is 0 Å². The lowest BCUT2D eigenvalue weighted by atomic mass is 9.91. The van der Waals surface area contributed by atoms with Crippen molar-refractivity contribution in [2.24, 2.45) is 11.8 Å². The van der Waals surface area contributed by atoms with E-state index in [2.05, 4.69) is 34.6 Å². The molecule has 0 bridgehead atoms. The Kier molecular flexibility index (Phi) is 4.76. The number of hydrogen-bond donors (Lipinski definition) is 0. The molecule has 0 rings (SSSR count). The second-order valence-corrected chi connectivity index (χ2v) is 4.15. The molecule has 0 fully saturated rings. The molecule has 0 heterocycles. The van der Waals surface area contributed by atoms with Crippen molar-refractivity contribution >= 4 is 0 Å². The first-order valence-corrected chi connectivity index (χ1v) is 4.33. The fraction of sp³-hybridized carbons (Fsp3) is 0.900. The van der Waals surface area contributed by atoms with E-state index in [0.717, 1.165) is 11.8 Å². The van der Waals surface area contributed by atoms with Gasteiger partial charge in [-0.15, -0.1) is 0 Å². The monoisotopic (exact) mass is 141 g/mol. The van der Waals surface area contributed by atoms with Gasteiger partial charge in [-0.25, -0.2) is 0 Å². The first-order valence-electron chi connectivity index (χ1n) is 4.33. The van der Waals surface area contributed by atoms with E-state index < -0.39 is 0 Å². The molecule has 0 aromatic carbocycles. The Morgan fingerprint density at radius 2 is 1.20 bits per heavy atom. The highest BCUT2D eigenvalue weighted by atomic mass is 14.1. The van der Waals surface area contributed by atoms with Gasteiger partial charge in [-0.3, -0.25) is 0 Å². The SMILES string of the molecule is C[C](CC(C)C)CC(C)C. The van der Waals surface area contributed by atoms with Crippen LogP contribution < -0.4 is 0 Å². The summed E-state index contributed by atoms with van der Waals surface area (Å²) >= 11 is 0. The first kappa shape index (κ1) is 10.0. The molecule has 0 atom stereocenters. The summed E-state index contributed by atoms with van der Waals surface area (Å²) in [5.41, 5.74) is 0. The van der Waals surface area contributed by atoms with Crippen LogP contribution in [0.2, 0.25) is 0 Å². The van der Waals surface area contributed by atoms with Crippen LogP contribution in [0.1, 0.15) is 47.5 Å². The van der Waals surface area contributed by atoms with Crippen LogP contribution in [0.25, 0.3) is 0 Å². The van der Waals surface area contributed by atoms with Gasteiger partial charge in [-0.2, -0.15) is 0 Å². The predicted molar refractivity (Wildman–Crippen MR) is 47.8 cm³/mol. The third-order valence-electron chi connectivity index (χ3n) is 1.51. The Morgan fingerprint density at radius 3 is 1.40 bits per heavy atom. The van der Waals surface area contributed by atoms with E-state index in [-0.39, 0.29) is 0 Å². The summed E-state index contributed by atoms with van der Waals surface area (Å²) < 4.78 is 0. The lowest BCUT2D eigenvalue weighted by molar-refractivity contribution is 0.514. The van der Waals surface area contributed by atoms with Crippen LogP contribution in [0, 0.1) is 17.8 Å². The maximum atomic E-state index is 2.28. The molecule has 0 aromatic rings. The van der Waals surface area contributed by atoms with Gasteiger partial charge in [0.25, 0.3) is 0 Å². The fourth-order valence-electron chi connectivity index (χ4n) is 1.48. The van der Waals surface area contributed by atoms with Crippen molar-refractivity contribution in [3.8, 4) is 0 Å². The predicted octanol–water partition coefficient (Wildman–Crippen LogP) is 3.67. The molecule has 0 spiro atoms. The second kappa shape index (κ2) is 4.76. The highest BCUT2D eigenvalue weighted by Gasteiger charge is 2.06. The van der Waals surface area contributed by atoms with Crippen LogP contribution in [0.15, 0.2) is 0 Å². The van der Waals surface area contributed by atoms with Crippen molar-refractivity contribution in [2.75, 3.05) is 0 Å². The van der Waals surface area contributed by atoms with Crippen LogP contribution in [0.4, 0.5) is 0 Å². The Morgan fingerprint density at radius 1 is 0.900 bits per heavy atom. The maximum absolute atomic E-state index is 2.28. The summed E-state index contributed by atoms with van der Waals surface area (Å²) in [5.74, 6) is 3.32. The van der Waals surface area contributed by atoms with Gasteiger partial charge in [0.05, 0.1) is 0 Å². The van der Waals surface area contributed by atoms with Crippen molar-refractivity contribution in [3.63, 3.8) is 0 Å². The summed E-state index contributed by atoms with van der Waals surface area (Å²) in [6.07, 6.45) is 2.61. The average molecular weight is 141 g/mol. The van der Waals surface area contributed by atoms with E-state index in [4.69, 9.17) is 0 Å². The van der Waals surface area contributed by atoms with Gasteiger partial charge in [-0.05, 0) is 30.6 Å². The Labute approximate surface area is 66.0 Å². The quantitative estimate of drug-likeness (QED) is 0.560. The van der Waals surface area contributed by atoms with E-state index in [0.29, 0.717) is 0 Å². The lowest BCUT2D eigenvalue weighted by Gasteiger charge is -2.14. The smallest absolute Gasteiger partial charge is 0.0267 e. The third kappa shape index (κ3) is 6.12. The largest absolute Gasteiger partial charge is 0.0628 e. The molecular weight excluding hydrogens is 120 g/mol. The van der Waals surface area contributed by atoms with Crippen LogP contribution in [-0.4, -0.2) is 0 Å². The second-order valence-electron chi connectivity index (χ2n) is 4.15. The van der Waals surface area contributed by atoms with Gasteiger partial charge in [-0.1, -0.05) is 34.6 Å². The molecule has 0 saturated heterocycles. The Balaban J connectivity index is 3.34. The third-order valence-corrected chi connectivity index (χ3v) is 1.51. The average Bonchev–Trinajstić information content (AvgIpc) is 1.58. The zero-order valence-electron chi connectivity index (χ0n) is 8.07. The topological polar surface area (TPSA) is 0 Å². The van der Waals surface area contributed by atoms with Crippen LogP contribution in [0.5, 0.6) is 0 Å². The summed E-state index contributed by atoms with van der Waals surface area (Å²) in [6, 6.07) is 0. The molecular formula is C10H21. The number of hydrogen-bond acceptors (Lipinski definition) is 0. The van der Waals surface area contributed by atoms with Crippen LogP contribution in [-0.2, 0) is 0 Å². The van der Waals surface area contributed by atoms with Gasteiger partial charge < -0.3 is 0 Å². The highest BCUT2D eigenvalue weighted by molar-refractivity contribution is 4.85. The van der Waals surface area contributed by atoms with Gasteiger partial charge in [0.15, 0.2) is 0 Å². The highest BCUT2D eigenvalue weighted by Crippen LogP contribution is 2.20. The van der Waals surface area contributed by atoms with E-state index in [9.17, 15) is 0 Å². The molecule has 0 aliphatic heterocycles.